The van der Waals surface area contributed by atoms with Gasteiger partial charge in [0.25, 0.3) is 0 Å². The minimum atomic E-state index is 0.719. The molecule has 0 spiro atoms. The molecule has 0 saturated heterocycles. The molecule has 2 N–H and O–H groups in total. The topological polar surface area (TPSA) is 42.1 Å². The van der Waals surface area contributed by atoms with Crippen LogP contribution in [0.1, 0.15) is 16.8 Å². The van der Waals surface area contributed by atoms with Crippen molar-refractivity contribution in [3.8, 4) is 0 Å². The first-order valence-corrected chi connectivity index (χ1v) is 6.06. The fourth-order valence-corrected chi connectivity index (χ4v) is 1.98. The van der Waals surface area contributed by atoms with E-state index in [1.165, 1.54) is 11.1 Å². The van der Waals surface area contributed by atoms with E-state index in [0.717, 1.165) is 23.7 Å². The lowest BCUT2D eigenvalue weighted by atomic mass is 10.1. The molecule has 2 rings (SSSR count). The molecule has 1 aromatic carbocycles. The number of rotatable bonds is 3. The van der Waals surface area contributed by atoms with Crippen molar-refractivity contribution in [1.82, 2.24) is 4.98 Å². The van der Waals surface area contributed by atoms with Crippen molar-refractivity contribution >= 4 is 11.5 Å². The zero-order valence-corrected chi connectivity index (χ0v) is 11.1. The number of aromatic nitrogens is 1. The molecule has 2 aromatic rings. The van der Waals surface area contributed by atoms with Crippen LogP contribution in [-0.2, 0) is 6.54 Å². The standard InChI is InChI=1S/C15H19N3/c1-11-6-4-5-7-13(11)10-18(3)15-14(16)9-8-12(2)17-15/h4-9H,10,16H2,1-3H3. The van der Waals surface area contributed by atoms with Gasteiger partial charge in [0, 0.05) is 19.3 Å². The number of pyridine rings is 1. The largest absolute Gasteiger partial charge is 0.396 e. The Hall–Kier alpha value is -2.03. The third-order valence-corrected chi connectivity index (χ3v) is 3.07. The molecule has 0 saturated carbocycles. The first-order valence-electron chi connectivity index (χ1n) is 6.06. The van der Waals surface area contributed by atoms with Crippen LogP contribution in [0.2, 0.25) is 0 Å². The Morgan fingerprint density at radius 2 is 1.83 bits per heavy atom. The Morgan fingerprint density at radius 3 is 2.56 bits per heavy atom. The van der Waals surface area contributed by atoms with E-state index in [1.54, 1.807) is 0 Å². The van der Waals surface area contributed by atoms with Gasteiger partial charge in [-0.3, -0.25) is 0 Å². The van der Waals surface area contributed by atoms with Gasteiger partial charge in [0.05, 0.1) is 5.69 Å². The van der Waals surface area contributed by atoms with E-state index in [2.05, 4.69) is 41.1 Å². The summed E-state index contributed by atoms with van der Waals surface area (Å²) in [7, 11) is 2.02. The summed E-state index contributed by atoms with van der Waals surface area (Å²) in [4.78, 5) is 6.59. The second kappa shape index (κ2) is 5.08. The Morgan fingerprint density at radius 1 is 1.11 bits per heavy atom. The Kier molecular flexibility index (Phi) is 3.51. The van der Waals surface area contributed by atoms with Gasteiger partial charge < -0.3 is 10.6 Å². The zero-order chi connectivity index (χ0) is 13.1. The Labute approximate surface area is 108 Å². The highest BCUT2D eigenvalue weighted by Crippen LogP contribution is 2.21. The van der Waals surface area contributed by atoms with Crippen molar-refractivity contribution in [2.45, 2.75) is 20.4 Å². The highest BCUT2D eigenvalue weighted by atomic mass is 15.2. The summed E-state index contributed by atoms with van der Waals surface area (Å²) in [5.41, 5.74) is 10.3. The molecule has 0 unspecified atom stereocenters. The smallest absolute Gasteiger partial charge is 0.152 e. The van der Waals surface area contributed by atoms with E-state index in [4.69, 9.17) is 5.73 Å². The summed E-state index contributed by atoms with van der Waals surface area (Å²) in [5.74, 6) is 0.846. The lowest BCUT2D eigenvalue weighted by molar-refractivity contribution is 0.888. The van der Waals surface area contributed by atoms with Gasteiger partial charge >= 0.3 is 0 Å². The molecule has 0 radical (unpaired) electrons. The quantitative estimate of drug-likeness (QED) is 0.898. The lowest BCUT2D eigenvalue weighted by Crippen LogP contribution is -2.20. The maximum Gasteiger partial charge on any atom is 0.152 e. The third kappa shape index (κ3) is 2.62. The number of nitrogens with two attached hydrogens (primary N) is 1. The van der Waals surface area contributed by atoms with E-state index < -0.39 is 0 Å². The molecule has 18 heavy (non-hydrogen) atoms. The van der Waals surface area contributed by atoms with Crippen molar-refractivity contribution in [3.63, 3.8) is 0 Å². The number of nitrogen functional groups attached to an aromatic ring is 1. The Balaban J connectivity index is 2.25. The van der Waals surface area contributed by atoms with Crippen LogP contribution in [0.5, 0.6) is 0 Å². The minimum absolute atomic E-state index is 0.719. The number of anilines is 2. The van der Waals surface area contributed by atoms with Gasteiger partial charge in [0.15, 0.2) is 5.82 Å². The molecule has 0 bridgehead atoms. The molecule has 0 amide bonds. The fourth-order valence-electron chi connectivity index (χ4n) is 1.98. The van der Waals surface area contributed by atoms with E-state index in [-0.39, 0.29) is 0 Å². The molecule has 0 atom stereocenters. The van der Waals surface area contributed by atoms with Gasteiger partial charge in [-0.15, -0.1) is 0 Å². The van der Waals surface area contributed by atoms with Gasteiger partial charge in [-0.1, -0.05) is 24.3 Å². The average molecular weight is 241 g/mol. The van der Waals surface area contributed by atoms with Gasteiger partial charge in [0.2, 0.25) is 0 Å². The molecular weight excluding hydrogens is 222 g/mol. The molecule has 0 aliphatic carbocycles. The summed E-state index contributed by atoms with van der Waals surface area (Å²) in [5, 5.41) is 0. The maximum absolute atomic E-state index is 5.98. The van der Waals surface area contributed by atoms with Crippen LogP contribution < -0.4 is 10.6 Å². The average Bonchev–Trinajstić information content (AvgIpc) is 2.35. The predicted octanol–water partition coefficient (Wildman–Crippen LogP) is 2.92. The monoisotopic (exact) mass is 241 g/mol. The normalized spacial score (nSPS) is 10.4. The van der Waals surface area contributed by atoms with E-state index in [1.807, 2.05) is 26.1 Å². The SMILES string of the molecule is Cc1ccc(N)c(N(C)Cc2ccccc2C)n1. The molecule has 1 aromatic heterocycles. The summed E-state index contributed by atoms with van der Waals surface area (Å²) in [6.07, 6.45) is 0. The van der Waals surface area contributed by atoms with E-state index in [0.29, 0.717) is 0 Å². The third-order valence-electron chi connectivity index (χ3n) is 3.07. The van der Waals surface area contributed by atoms with Crippen LogP contribution in [0.25, 0.3) is 0 Å². The molecule has 1 heterocycles. The van der Waals surface area contributed by atoms with Crippen LogP contribution in [-0.4, -0.2) is 12.0 Å². The highest BCUT2D eigenvalue weighted by molar-refractivity contribution is 5.62. The molecule has 3 nitrogen and oxygen atoms in total. The van der Waals surface area contributed by atoms with Gasteiger partial charge in [0.1, 0.15) is 0 Å². The van der Waals surface area contributed by atoms with Gasteiger partial charge in [-0.05, 0) is 37.1 Å². The lowest BCUT2D eigenvalue weighted by Gasteiger charge is -2.21. The van der Waals surface area contributed by atoms with Crippen molar-refractivity contribution < 1.29 is 0 Å². The highest BCUT2D eigenvalue weighted by Gasteiger charge is 2.09. The van der Waals surface area contributed by atoms with Crippen LogP contribution in [0.4, 0.5) is 11.5 Å². The first-order chi connectivity index (χ1) is 8.58. The number of aryl methyl sites for hydroxylation is 2. The number of nitrogens with zero attached hydrogens (tertiary/aromatic N) is 2. The summed E-state index contributed by atoms with van der Waals surface area (Å²) >= 11 is 0. The van der Waals surface area contributed by atoms with Crippen LogP contribution in [0.3, 0.4) is 0 Å². The van der Waals surface area contributed by atoms with Crippen molar-refractivity contribution in [2.75, 3.05) is 17.7 Å². The molecule has 0 fully saturated rings. The van der Waals surface area contributed by atoms with E-state index in [9.17, 15) is 0 Å². The van der Waals surface area contributed by atoms with Crippen molar-refractivity contribution in [1.29, 1.82) is 0 Å². The second-order valence-corrected chi connectivity index (χ2v) is 4.65. The zero-order valence-electron chi connectivity index (χ0n) is 11.1. The number of hydrogen-bond donors (Lipinski definition) is 1. The van der Waals surface area contributed by atoms with E-state index >= 15 is 0 Å². The number of hydrogen-bond acceptors (Lipinski definition) is 3. The number of benzene rings is 1. The van der Waals surface area contributed by atoms with Crippen molar-refractivity contribution in [3.05, 3.63) is 53.2 Å². The summed E-state index contributed by atoms with van der Waals surface area (Å²) < 4.78 is 0. The molecule has 0 aliphatic rings. The fraction of sp³-hybridized carbons (Fsp3) is 0.267. The summed E-state index contributed by atoms with van der Waals surface area (Å²) in [6, 6.07) is 12.2. The minimum Gasteiger partial charge on any atom is -0.396 e. The predicted molar refractivity (Wildman–Crippen MR) is 76.7 cm³/mol. The second-order valence-electron chi connectivity index (χ2n) is 4.65. The van der Waals surface area contributed by atoms with Gasteiger partial charge in [-0.25, -0.2) is 4.98 Å². The van der Waals surface area contributed by atoms with Crippen LogP contribution >= 0.6 is 0 Å². The van der Waals surface area contributed by atoms with Crippen LogP contribution in [0, 0.1) is 13.8 Å². The Bertz CT molecular complexity index is 549. The molecule has 0 aliphatic heterocycles. The van der Waals surface area contributed by atoms with Crippen LogP contribution in [0.15, 0.2) is 36.4 Å². The first kappa shape index (κ1) is 12.4. The molecule has 3 heteroatoms. The van der Waals surface area contributed by atoms with Gasteiger partial charge in [-0.2, -0.15) is 0 Å². The van der Waals surface area contributed by atoms with Crippen molar-refractivity contribution in [2.24, 2.45) is 0 Å². The maximum atomic E-state index is 5.98. The summed E-state index contributed by atoms with van der Waals surface area (Å²) in [6.45, 7) is 4.91. The molecule has 94 valence electrons. The molecular formula is C15H19N3.